The van der Waals surface area contributed by atoms with Crippen LogP contribution in [0.3, 0.4) is 0 Å². The van der Waals surface area contributed by atoms with E-state index in [0.29, 0.717) is 10.6 Å². The number of rotatable bonds is 3. The van der Waals surface area contributed by atoms with Gasteiger partial charge in [0.25, 0.3) is 11.1 Å². The van der Waals surface area contributed by atoms with Gasteiger partial charge in [0.2, 0.25) is 0 Å². The second-order valence-electron chi connectivity index (χ2n) is 4.75. The van der Waals surface area contributed by atoms with Gasteiger partial charge in [-0.25, -0.2) is 9.78 Å². The average molecular weight is 333 g/mol. The van der Waals surface area contributed by atoms with Crippen LogP contribution in [0.1, 0.15) is 16.1 Å². The summed E-state index contributed by atoms with van der Waals surface area (Å²) in [5.41, 5.74) is -2.15. The standard InChI is InChI=1S/C14H9ClN4O4/c15-7-3-1-6(2-4-7)9(20)5-8-12(21)17-11-10(16-8)13(22)19-14(23)18-11/h1-4H,5H2,(H3,17,18,19,21,22,23). The lowest BCUT2D eigenvalue weighted by Crippen LogP contribution is -2.27. The summed E-state index contributed by atoms with van der Waals surface area (Å²) in [6.07, 6.45) is -0.286. The zero-order valence-corrected chi connectivity index (χ0v) is 12.2. The van der Waals surface area contributed by atoms with Gasteiger partial charge in [0, 0.05) is 10.6 Å². The number of aromatic nitrogens is 4. The summed E-state index contributed by atoms with van der Waals surface area (Å²) in [4.78, 5) is 57.5. The lowest BCUT2D eigenvalue weighted by Gasteiger charge is -2.02. The molecule has 0 fully saturated rings. The molecular formula is C14H9ClN4O4. The highest BCUT2D eigenvalue weighted by molar-refractivity contribution is 6.30. The molecule has 0 atom stereocenters. The van der Waals surface area contributed by atoms with Crippen molar-refractivity contribution >= 4 is 28.5 Å². The van der Waals surface area contributed by atoms with Crippen LogP contribution in [-0.4, -0.2) is 25.7 Å². The Morgan fingerprint density at radius 2 is 1.70 bits per heavy atom. The Morgan fingerprint density at radius 1 is 1.00 bits per heavy atom. The van der Waals surface area contributed by atoms with Crippen molar-refractivity contribution in [2.24, 2.45) is 0 Å². The predicted octanol–water partition coefficient (Wildman–Crippen LogP) is 0.379. The minimum atomic E-state index is -0.759. The fraction of sp³-hybridized carbons (Fsp3) is 0.0714. The van der Waals surface area contributed by atoms with E-state index in [9.17, 15) is 19.2 Å². The number of nitrogens with one attached hydrogen (secondary N) is 3. The smallest absolute Gasteiger partial charge is 0.305 e. The Bertz CT molecular complexity index is 1080. The summed E-state index contributed by atoms with van der Waals surface area (Å²) in [5, 5.41) is 0.485. The molecule has 1 aromatic carbocycles. The van der Waals surface area contributed by atoms with Crippen LogP contribution in [0.15, 0.2) is 38.6 Å². The molecule has 2 aromatic heterocycles. The van der Waals surface area contributed by atoms with E-state index in [0.717, 1.165) is 0 Å². The quantitative estimate of drug-likeness (QED) is 0.597. The van der Waals surface area contributed by atoms with E-state index in [2.05, 4.69) is 15.0 Å². The van der Waals surface area contributed by atoms with Gasteiger partial charge in [0.15, 0.2) is 11.3 Å². The molecule has 9 heteroatoms. The zero-order valence-electron chi connectivity index (χ0n) is 11.5. The third kappa shape index (κ3) is 2.97. The number of hydrogen-bond acceptors (Lipinski definition) is 5. The SMILES string of the molecule is O=C(Cc1nc2c(=O)[nH]c(=O)[nH]c2[nH]c1=O)c1ccc(Cl)cc1. The van der Waals surface area contributed by atoms with Crippen LogP contribution in [0.2, 0.25) is 5.02 Å². The number of halogens is 1. The molecule has 3 aromatic rings. The molecule has 0 aliphatic rings. The molecule has 0 amide bonds. The van der Waals surface area contributed by atoms with Gasteiger partial charge in [-0.3, -0.25) is 24.4 Å². The molecule has 0 saturated heterocycles. The summed E-state index contributed by atoms with van der Waals surface area (Å²) >= 11 is 5.75. The Balaban J connectivity index is 2.03. The van der Waals surface area contributed by atoms with Crippen LogP contribution >= 0.6 is 11.6 Å². The highest BCUT2D eigenvalue weighted by Crippen LogP contribution is 2.11. The van der Waals surface area contributed by atoms with Crippen LogP contribution in [0.25, 0.3) is 11.2 Å². The van der Waals surface area contributed by atoms with E-state index in [4.69, 9.17) is 11.6 Å². The summed E-state index contributed by atoms with van der Waals surface area (Å²) in [6, 6.07) is 6.18. The molecule has 23 heavy (non-hydrogen) atoms. The summed E-state index contributed by atoms with van der Waals surface area (Å²) in [5.74, 6) is -0.347. The number of carbonyl (C=O) groups is 1. The van der Waals surface area contributed by atoms with Gasteiger partial charge in [-0.1, -0.05) is 11.6 Å². The Labute approximate surface area is 132 Å². The van der Waals surface area contributed by atoms with Crippen LogP contribution < -0.4 is 16.8 Å². The van der Waals surface area contributed by atoms with Crippen molar-refractivity contribution in [2.45, 2.75) is 6.42 Å². The highest BCUT2D eigenvalue weighted by Gasteiger charge is 2.14. The highest BCUT2D eigenvalue weighted by atomic mass is 35.5. The molecule has 0 aliphatic heterocycles. The maximum absolute atomic E-state index is 12.2. The maximum atomic E-state index is 12.2. The molecule has 0 bridgehead atoms. The summed E-state index contributed by atoms with van der Waals surface area (Å²) < 4.78 is 0. The third-order valence-corrected chi connectivity index (χ3v) is 3.41. The summed E-state index contributed by atoms with van der Waals surface area (Å²) in [7, 11) is 0. The molecule has 3 rings (SSSR count). The number of H-pyrrole nitrogens is 3. The molecule has 0 radical (unpaired) electrons. The van der Waals surface area contributed by atoms with Gasteiger partial charge >= 0.3 is 5.69 Å². The van der Waals surface area contributed by atoms with Gasteiger partial charge in [0.1, 0.15) is 11.3 Å². The van der Waals surface area contributed by atoms with E-state index < -0.39 is 16.8 Å². The van der Waals surface area contributed by atoms with Crippen molar-refractivity contribution < 1.29 is 4.79 Å². The number of nitrogens with zero attached hydrogens (tertiary/aromatic N) is 1. The van der Waals surface area contributed by atoms with Crippen LogP contribution in [0, 0.1) is 0 Å². The average Bonchev–Trinajstić information content (AvgIpc) is 2.49. The van der Waals surface area contributed by atoms with E-state index in [-0.39, 0.29) is 29.1 Å². The molecule has 0 spiro atoms. The molecular weight excluding hydrogens is 324 g/mol. The van der Waals surface area contributed by atoms with Gasteiger partial charge < -0.3 is 4.98 Å². The topological polar surface area (TPSA) is 129 Å². The number of benzene rings is 1. The van der Waals surface area contributed by atoms with Crippen molar-refractivity contribution in [3.05, 3.63) is 71.7 Å². The van der Waals surface area contributed by atoms with Gasteiger partial charge in [-0.15, -0.1) is 0 Å². The van der Waals surface area contributed by atoms with Crippen molar-refractivity contribution in [1.29, 1.82) is 0 Å². The van der Waals surface area contributed by atoms with Gasteiger partial charge in [-0.2, -0.15) is 0 Å². The van der Waals surface area contributed by atoms with Gasteiger partial charge in [-0.05, 0) is 24.3 Å². The lowest BCUT2D eigenvalue weighted by atomic mass is 10.1. The van der Waals surface area contributed by atoms with Crippen molar-refractivity contribution in [3.8, 4) is 0 Å². The third-order valence-electron chi connectivity index (χ3n) is 3.16. The first kappa shape index (κ1) is 14.9. The van der Waals surface area contributed by atoms with E-state index >= 15 is 0 Å². The van der Waals surface area contributed by atoms with E-state index in [1.165, 1.54) is 12.1 Å². The summed E-state index contributed by atoms with van der Waals surface area (Å²) in [6.45, 7) is 0. The Hall–Kier alpha value is -3.00. The lowest BCUT2D eigenvalue weighted by molar-refractivity contribution is 0.0991. The minimum Gasteiger partial charge on any atom is -0.305 e. The molecule has 8 nitrogen and oxygen atoms in total. The molecule has 116 valence electrons. The first-order valence-corrected chi connectivity index (χ1v) is 6.86. The number of Topliss-reactive ketones (excluding diaryl/α,β-unsaturated/α-hetero) is 1. The molecule has 3 N–H and O–H groups in total. The predicted molar refractivity (Wildman–Crippen MR) is 83.1 cm³/mol. The van der Waals surface area contributed by atoms with Crippen LogP contribution in [0.5, 0.6) is 0 Å². The second-order valence-corrected chi connectivity index (χ2v) is 5.19. The number of hydrogen-bond donors (Lipinski definition) is 3. The van der Waals surface area contributed by atoms with E-state index in [1.54, 1.807) is 12.1 Å². The second kappa shape index (κ2) is 5.65. The molecule has 2 heterocycles. The number of carbonyl (C=O) groups excluding carboxylic acids is 1. The van der Waals surface area contributed by atoms with Crippen LogP contribution in [0.4, 0.5) is 0 Å². The van der Waals surface area contributed by atoms with Crippen molar-refractivity contribution in [3.63, 3.8) is 0 Å². The normalized spacial score (nSPS) is 10.8. The molecule has 0 saturated carbocycles. The monoisotopic (exact) mass is 332 g/mol. The number of aromatic amines is 3. The maximum Gasteiger partial charge on any atom is 0.327 e. The molecule has 0 aliphatic carbocycles. The van der Waals surface area contributed by atoms with Crippen molar-refractivity contribution in [1.82, 2.24) is 19.9 Å². The molecule has 0 unspecified atom stereocenters. The largest absolute Gasteiger partial charge is 0.327 e. The zero-order chi connectivity index (χ0) is 16.6. The van der Waals surface area contributed by atoms with Gasteiger partial charge in [0.05, 0.1) is 6.42 Å². The van der Waals surface area contributed by atoms with Crippen LogP contribution in [-0.2, 0) is 6.42 Å². The van der Waals surface area contributed by atoms with E-state index in [1.807, 2.05) is 4.98 Å². The Morgan fingerprint density at radius 3 is 2.39 bits per heavy atom. The first-order valence-electron chi connectivity index (χ1n) is 6.48. The fourth-order valence-corrected chi connectivity index (χ4v) is 2.18. The van der Waals surface area contributed by atoms with Crippen molar-refractivity contribution in [2.75, 3.05) is 0 Å². The number of ketones is 1. The minimum absolute atomic E-state index is 0.0913. The fourth-order valence-electron chi connectivity index (χ4n) is 2.06. The first-order chi connectivity index (χ1) is 10.9. The number of fused-ring (bicyclic) bond motifs is 1. The Kier molecular flexibility index (Phi) is 3.67.